The first-order chi connectivity index (χ1) is 15.0. The fourth-order valence-corrected chi connectivity index (χ4v) is 4.19. The van der Waals surface area contributed by atoms with E-state index in [-0.39, 0.29) is 29.4 Å². The standard InChI is InChI=1S/C27H54N4O2/c1-13-21(6)16-24(32)30-23(15-20(4)5)17-28-31(12)27(10,11)18-26(8,9)25(33)29-22(7)14-19(2)3/h17,19-23H,13-16,18H2,1-12H3,(H,29,33)(H,30,32)/b28-17+/t21-,22?,23-/m1/s1. The van der Waals surface area contributed by atoms with Crippen molar-refractivity contribution >= 4 is 18.0 Å². The molecule has 0 aliphatic carbocycles. The maximum atomic E-state index is 13.0. The fourth-order valence-electron chi connectivity index (χ4n) is 4.19. The lowest BCUT2D eigenvalue weighted by atomic mass is 9.79. The van der Waals surface area contributed by atoms with Crippen LogP contribution in [0.4, 0.5) is 0 Å². The average molecular weight is 467 g/mol. The number of carbonyl (C=O) groups excluding carboxylic acids is 2. The molecule has 0 aromatic heterocycles. The van der Waals surface area contributed by atoms with Crippen LogP contribution < -0.4 is 10.6 Å². The minimum absolute atomic E-state index is 0.0797. The largest absolute Gasteiger partial charge is 0.353 e. The lowest BCUT2D eigenvalue weighted by Gasteiger charge is -2.39. The highest BCUT2D eigenvalue weighted by Crippen LogP contribution is 2.32. The van der Waals surface area contributed by atoms with E-state index in [0.29, 0.717) is 30.6 Å². The Balaban J connectivity index is 5.21. The van der Waals surface area contributed by atoms with Crippen LogP contribution in [0.15, 0.2) is 5.10 Å². The Hall–Kier alpha value is -1.59. The Bertz CT molecular complexity index is 626. The van der Waals surface area contributed by atoms with Gasteiger partial charge in [-0.1, -0.05) is 61.8 Å². The van der Waals surface area contributed by atoms with Crippen LogP contribution in [0, 0.1) is 23.2 Å². The Morgan fingerprint density at radius 2 is 1.48 bits per heavy atom. The van der Waals surface area contributed by atoms with Crippen molar-refractivity contribution in [3.8, 4) is 0 Å². The zero-order chi connectivity index (χ0) is 26.0. The third-order valence-corrected chi connectivity index (χ3v) is 6.29. The van der Waals surface area contributed by atoms with Gasteiger partial charge in [-0.15, -0.1) is 0 Å². The lowest BCUT2D eigenvalue weighted by molar-refractivity contribution is -0.132. The Morgan fingerprint density at radius 3 is 1.97 bits per heavy atom. The molecule has 33 heavy (non-hydrogen) atoms. The van der Waals surface area contributed by atoms with Gasteiger partial charge in [0.25, 0.3) is 0 Å². The molecular weight excluding hydrogens is 412 g/mol. The van der Waals surface area contributed by atoms with Crippen molar-refractivity contribution in [1.29, 1.82) is 0 Å². The first-order valence-electron chi connectivity index (χ1n) is 12.9. The predicted octanol–water partition coefficient (Wildman–Crippen LogP) is 5.62. The number of hydrazone groups is 1. The molecule has 194 valence electrons. The summed E-state index contributed by atoms with van der Waals surface area (Å²) >= 11 is 0. The van der Waals surface area contributed by atoms with Gasteiger partial charge in [-0.25, -0.2) is 0 Å². The summed E-state index contributed by atoms with van der Waals surface area (Å²) in [6.07, 6.45) is 5.85. The smallest absolute Gasteiger partial charge is 0.225 e. The zero-order valence-corrected chi connectivity index (χ0v) is 23.7. The highest BCUT2D eigenvalue weighted by molar-refractivity contribution is 5.82. The maximum absolute atomic E-state index is 13.0. The van der Waals surface area contributed by atoms with E-state index in [2.05, 4.69) is 72.9 Å². The van der Waals surface area contributed by atoms with Crippen LogP contribution in [-0.4, -0.2) is 47.7 Å². The van der Waals surface area contributed by atoms with Crippen molar-refractivity contribution in [1.82, 2.24) is 15.6 Å². The molecule has 0 radical (unpaired) electrons. The summed E-state index contributed by atoms with van der Waals surface area (Å²) in [4.78, 5) is 25.4. The number of hydrogen-bond acceptors (Lipinski definition) is 4. The highest BCUT2D eigenvalue weighted by Gasteiger charge is 2.37. The van der Waals surface area contributed by atoms with Crippen LogP contribution in [-0.2, 0) is 9.59 Å². The molecule has 6 heteroatoms. The van der Waals surface area contributed by atoms with E-state index >= 15 is 0 Å². The Labute approximate surface area is 204 Å². The molecular formula is C27H54N4O2. The summed E-state index contributed by atoms with van der Waals surface area (Å²) in [6, 6.07) is 0.0551. The summed E-state index contributed by atoms with van der Waals surface area (Å²) in [6.45, 7) is 23.1. The average Bonchev–Trinajstić information content (AvgIpc) is 2.63. The van der Waals surface area contributed by atoms with Gasteiger partial charge in [0, 0.05) is 31.1 Å². The quantitative estimate of drug-likeness (QED) is 0.243. The molecule has 0 spiro atoms. The molecule has 0 fully saturated rings. The lowest BCUT2D eigenvalue weighted by Crippen LogP contribution is -2.49. The second-order valence-corrected chi connectivity index (χ2v) is 12.2. The summed E-state index contributed by atoms with van der Waals surface area (Å²) in [7, 11) is 1.94. The first kappa shape index (κ1) is 31.4. The van der Waals surface area contributed by atoms with Crippen LogP contribution in [0.2, 0.25) is 0 Å². The zero-order valence-electron chi connectivity index (χ0n) is 23.7. The van der Waals surface area contributed by atoms with E-state index in [4.69, 9.17) is 5.10 Å². The number of rotatable bonds is 15. The van der Waals surface area contributed by atoms with Crippen molar-refractivity contribution in [2.24, 2.45) is 28.3 Å². The molecule has 0 aromatic rings. The van der Waals surface area contributed by atoms with Gasteiger partial charge in [-0.3, -0.25) is 14.6 Å². The van der Waals surface area contributed by atoms with E-state index in [9.17, 15) is 9.59 Å². The molecule has 0 heterocycles. The van der Waals surface area contributed by atoms with E-state index in [0.717, 1.165) is 19.3 Å². The van der Waals surface area contributed by atoms with Crippen LogP contribution >= 0.6 is 0 Å². The second-order valence-electron chi connectivity index (χ2n) is 12.2. The van der Waals surface area contributed by atoms with Crippen molar-refractivity contribution in [2.45, 2.75) is 126 Å². The number of nitrogens with one attached hydrogen (secondary N) is 2. The molecule has 2 N–H and O–H groups in total. The Kier molecular flexibility index (Phi) is 13.3. The summed E-state index contributed by atoms with van der Waals surface area (Å²) in [5.74, 6) is 1.52. The van der Waals surface area contributed by atoms with Gasteiger partial charge < -0.3 is 10.6 Å². The van der Waals surface area contributed by atoms with Gasteiger partial charge in [0.1, 0.15) is 0 Å². The molecule has 0 rings (SSSR count). The van der Waals surface area contributed by atoms with Gasteiger partial charge >= 0.3 is 0 Å². The van der Waals surface area contributed by atoms with E-state index in [1.807, 2.05) is 32.1 Å². The molecule has 2 amide bonds. The molecule has 0 bridgehead atoms. The third-order valence-electron chi connectivity index (χ3n) is 6.29. The van der Waals surface area contributed by atoms with Crippen LogP contribution in [0.25, 0.3) is 0 Å². The van der Waals surface area contributed by atoms with Crippen LogP contribution in [0.3, 0.4) is 0 Å². The Morgan fingerprint density at radius 1 is 0.939 bits per heavy atom. The summed E-state index contributed by atoms with van der Waals surface area (Å²) < 4.78 is 0. The molecule has 0 saturated heterocycles. The van der Waals surface area contributed by atoms with E-state index < -0.39 is 5.41 Å². The van der Waals surface area contributed by atoms with Crippen molar-refractivity contribution in [2.75, 3.05) is 7.05 Å². The van der Waals surface area contributed by atoms with Gasteiger partial charge in [0.15, 0.2) is 0 Å². The van der Waals surface area contributed by atoms with Crippen LogP contribution in [0.1, 0.15) is 108 Å². The van der Waals surface area contributed by atoms with Gasteiger partial charge in [-0.05, 0) is 57.8 Å². The first-order valence-corrected chi connectivity index (χ1v) is 12.9. The number of nitrogens with zero attached hydrogens (tertiary/aromatic N) is 2. The molecule has 0 saturated carbocycles. The number of amides is 2. The second kappa shape index (κ2) is 14.0. The SMILES string of the molecule is CC[C@@H](C)CC(=O)N[C@@H](/C=N/N(C)C(C)(C)CC(C)(C)C(=O)NC(C)CC(C)C)CC(C)C. The maximum Gasteiger partial charge on any atom is 0.225 e. The molecule has 0 aromatic carbocycles. The van der Waals surface area contributed by atoms with Gasteiger partial charge in [-0.2, -0.15) is 5.10 Å². The predicted molar refractivity (Wildman–Crippen MR) is 141 cm³/mol. The van der Waals surface area contributed by atoms with Crippen molar-refractivity contribution in [3.05, 3.63) is 0 Å². The molecule has 3 atom stereocenters. The number of hydrogen-bond donors (Lipinski definition) is 2. The molecule has 6 nitrogen and oxygen atoms in total. The monoisotopic (exact) mass is 466 g/mol. The highest BCUT2D eigenvalue weighted by atomic mass is 16.2. The van der Waals surface area contributed by atoms with Gasteiger partial charge in [0.05, 0.1) is 11.6 Å². The van der Waals surface area contributed by atoms with Crippen LogP contribution in [0.5, 0.6) is 0 Å². The molecule has 0 aliphatic rings. The fraction of sp³-hybridized carbons (Fsp3) is 0.889. The van der Waals surface area contributed by atoms with E-state index in [1.54, 1.807) is 0 Å². The molecule has 1 unspecified atom stereocenters. The van der Waals surface area contributed by atoms with Gasteiger partial charge in [0.2, 0.25) is 11.8 Å². The minimum Gasteiger partial charge on any atom is -0.353 e. The summed E-state index contributed by atoms with van der Waals surface area (Å²) in [5, 5.41) is 13.0. The minimum atomic E-state index is -0.527. The van der Waals surface area contributed by atoms with Crippen molar-refractivity contribution < 1.29 is 9.59 Å². The van der Waals surface area contributed by atoms with Crippen molar-refractivity contribution in [3.63, 3.8) is 0 Å². The topological polar surface area (TPSA) is 73.8 Å². The normalized spacial score (nSPS) is 15.6. The number of carbonyl (C=O) groups is 2. The molecule has 0 aliphatic heterocycles. The third kappa shape index (κ3) is 13.0. The summed E-state index contributed by atoms with van der Waals surface area (Å²) in [5.41, 5.74) is -0.859. The van der Waals surface area contributed by atoms with E-state index in [1.165, 1.54) is 0 Å².